The average Bonchev–Trinajstić information content (AvgIpc) is 2.27. The number of nitrogens with zero attached hydrogens (tertiary/aromatic N) is 1. The Labute approximate surface area is 96.3 Å². The lowest BCUT2D eigenvalue weighted by molar-refractivity contribution is 0.560. The molecule has 5 nitrogen and oxygen atoms in total. The van der Waals surface area contributed by atoms with Gasteiger partial charge in [0, 0.05) is 25.9 Å². The van der Waals surface area contributed by atoms with Gasteiger partial charge in [-0.25, -0.2) is 18.1 Å². The van der Waals surface area contributed by atoms with Crippen molar-refractivity contribution in [3.63, 3.8) is 0 Å². The van der Waals surface area contributed by atoms with Gasteiger partial charge in [0.15, 0.2) is 0 Å². The van der Waals surface area contributed by atoms with Gasteiger partial charge in [0.1, 0.15) is 5.82 Å². The third kappa shape index (κ3) is 3.46. The third-order valence-corrected chi connectivity index (χ3v) is 3.40. The Bertz CT molecular complexity index is 443. The number of sulfonamides is 1. The standard InChI is InChI=1S/C10H17N3O2S/c1-8(2)7-13-16(14,15)9-4-5-12-10(6-9)11-3/h4-6,8,13H,7H2,1-3H3,(H,11,12). The molecule has 1 heterocycles. The van der Waals surface area contributed by atoms with Gasteiger partial charge in [-0.3, -0.25) is 0 Å². The van der Waals surface area contributed by atoms with Gasteiger partial charge in [-0.1, -0.05) is 13.8 Å². The van der Waals surface area contributed by atoms with Crippen LogP contribution in [-0.2, 0) is 10.0 Å². The fourth-order valence-corrected chi connectivity index (χ4v) is 2.30. The molecule has 0 aliphatic rings. The van der Waals surface area contributed by atoms with E-state index in [0.717, 1.165) is 0 Å². The monoisotopic (exact) mass is 243 g/mol. The van der Waals surface area contributed by atoms with Crippen LogP contribution in [0, 0.1) is 5.92 Å². The number of anilines is 1. The Balaban J connectivity index is 2.89. The summed E-state index contributed by atoms with van der Waals surface area (Å²) in [5.74, 6) is 0.813. The van der Waals surface area contributed by atoms with E-state index in [0.29, 0.717) is 12.4 Å². The molecular formula is C10H17N3O2S. The first-order valence-electron chi connectivity index (χ1n) is 5.09. The number of rotatable bonds is 5. The summed E-state index contributed by atoms with van der Waals surface area (Å²) in [4.78, 5) is 4.19. The summed E-state index contributed by atoms with van der Waals surface area (Å²) in [6.07, 6.45) is 1.47. The Kier molecular flexibility index (Phi) is 4.26. The van der Waals surface area contributed by atoms with Crippen molar-refractivity contribution in [1.29, 1.82) is 0 Å². The van der Waals surface area contributed by atoms with Gasteiger partial charge in [0.25, 0.3) is 0 Å². The number of pyridine rings is 1. The van der Waals surface area contributed by atoms with Crippen LogP contribution < -0.4 is 10.0 Å². The van der Waals surface area contributed by atoms with Crippen molar-refractivity contribution < 1.29 is 8.42 Å². The zero-order chi connectivity index (χ0) is 12.2. The van der Waals surface area contributed by atoms with Gasteiger partial charge in [-0.15, -0.1) is 0 Å². The number of hydrogen-bond acceptors (Lipinski definition) is 4. The normalized spacial score (nSPS) is 11.8. The van der Waals surface area contributed by atoms with Crippen LogP contribution in [0.4, 0.5) is 5.82 Å². The Morgan fingerprint density at radius 2 is 2.12 bits per heavy atom. The molecule has 1 aromatic heterocycles. The molecule has 0 saturated heterocycles. The molecule has 0 radical (unpaired) electrons. The van der Waals surface area contributed by atoms with E-state index in [4.69, 9.17) is 0 Å². The molecule has 0 unspecified atom stereocenters. The molecule has 0 atom stereocenters. The van der Waals surface area contributed by atoms with E-state index in [-0.39, 0.29) is 10.8 Å². The molecule has 1 aromatic rings. The van der Waals surface area contributed by atoms with Crippen LogP contribution in [0.15, 0.2) is 23.2 Å². The van der Waals surface area contributed by atoms with Crippen molar-refractivity contribution in [2.24, 2.45) is 5.92 Å². The summed E-state index contributed by atoms with van der Waals surface area (Å²) in [7, 11) is -1.72. The highest BCUT2D eigenvalue weighted by Gasteiger charge is 2.14. The molecule has 90 valence electrons. The van der Waals surface area contributed by atoms with Crippen LogP contribution in [0.2, 0.25) is 0 Å². The lowest BCUT2D eigenvalue weighted by atomic mass is 10.2. The van der Waals surface area contributed by atoms with Gasteiger partial charge in [0.05, 0.1) is 4.90 Å². The molecule has 0 spiro atoms. The van der Waals surface area contributed by atoms with Gasteiger partial charge in [0.2, 0.25) is 10.0 Å². The maximum atomic E-state index is 11.8. The van der Waals surface area contributed by atoms with Crippen molar-refractivity contribution in [3.05, 3.63) is 18.3 Å². The lowest BCUT2D eigenvalue weighted by Gasteiger charge is -2.09. The summed E-state index contributed by atoms with van der Waals surface area (Å²) >= 11 is 0. The summed E-state index contributed by atoms with van der Waals surface area (Å²) in [5.41, 5.74) is 0. The quantitative estimate of drug-likeness (QED) is 0.811. The summed E-state index contributed by atoms with van der Waals surface area (Å²) in [5, 5.41) is 2.80. The molecule has 0 aromatic carbocycles. The fourth-order valence-electron chi connectivity index (χ4n) is 1.07. The molecule has 0 aliphatic carbocycles. The van der Waals surface area contributed by atoms with Crippen LogP contribution in [0.3, 0.4) is 0 Å². The minimum Gasteiger partial charge on any atom is -0.373 e. The van der Waals surface area contributed by atoms with Crippen LogP contribution in [0.25, 0.3) is 0 Å². The molecule has 0 fully saturated rings. The zero-order valence-corrected chi connectivity index (χ0v) is 10.5. The molecule has 0 aliphatic heterocycles. The van der Waals surface area contributed by atoms with Crippen molar-refractivity contribution >= 4 is 15.8 Å². The van der Waals surface area contributed by atoms with Crippen molar-refractivity contribution in [2.45, 2.75) is 18.7 Å². The summed E-state index contributed by atoms with van der Waals surface area (Å²) in [6.45, 7) is 4.34. The second kappa shape index (κ2) is 5.27. The minimum absolute atomic E-state index is 0.229. The maximum absolute atomic E-state index is 11.8. The summed E-state index contributed by atoms with van der Waals surface area (Å²) < 4.78 is 26.2. The van der Waals surface area contributed by atoms with E-state index in [9.17, 15) is 8.42 Å². The molecule has 0 amide bonds. The Hall–Kier alpha value is -1.14. The van der Waals surface area contributed by atoms with E-state index in [1.807, 2.05) is 13.8 Å². The first-order valence-corrected chi connectivity index (χ1v) is 6.57. The second-order valence-corrected chi connectivity index (χ2v) is 5.64. The SMILES string of the molecule is CNc1cc(S(=O)(=O)NCC(C)C)ccn1. The molecule has 1 rings (SSSR count). The van der Waals surface area contributed by atoms with Gasteiger partial charge in [-0.2, -0.15) is 0 Å². The Morgan fingerprint density at radius 1 is 1.44 bits per heavy atom. The number of nitrogens with one attached hydrogen (secondary N) is 2. The maximum Gasteiger partial charge on any atom is 0.240 e. The van der Waals surface area contributed by atoms with Crippen LogP contribution >= 0.6 is 0 Å². The van der Waals surface area contributed by atoms with Crippen molar-refractivity contribution in [2.75, 3.05) is 18.9 Å². The largest absolute Gasteiger partial charge is 0.373 e. The van der Waals surface area contributed by atoms with Crippen LogP contribution in [0.5, 0.6) is 0 Å². The first-order chi connectivity index (χ1) is 7.45. The van der Waals surface area contributed by atoms with E-state index in [1.165, 1.54) is 18.3 Å². The smallest absolute Gasteiger partial charge is 0.240 e. The molecule has 6 heteroatoms. The lowest BCUT2D eigenvalue weighted by Crippen LogP contribution is -2.27. The summed E-state index contributed by atoms with van der Waals surface area (Å²) in [6, 6.07) is 2.98. The van der Waals surface area contributed by atoms with Crippen LogP contribution in [-0.4, -0.2) is 27.0 Å². The Morgan fingerprint density at radius 3 is 2.69 bits per heavy atom. The highest BCUT2D eigenvalue weighted by Crippen LogP contribution is 2.12. The first kappa shape index (κ1) is 12.9. The highest BCUT2D eigenvalue weighted by molar-refractivity contribution is 7.89. The molecule has 2 N–H and O–H groups in total. The van der Waals surface area contributed by atoms with Crippen molar-refractivity contribution in [1.82, 2.24) is 9.71 Å². The van der Waals surface area contributed by atoms with E-state index < -0.39 is 10.0 Å². The highest BCUT2D eigenvalue weighted by atomic mass is 32.2. The predicted molar refractivity (Wildman–Crippen MR) is 63.8 cm³/mol. The predicted octanol–water partition coefficient (Wildman–Crippen LogP) is 1.06. The molecule has 16 heavy (non-hydrogen) atoms. The van der Waals surface area contributed by atoms with E-state index in [1.54, 1.807) is 7.05 Å². The molecule has 0 bridgehead atoms. The number of aromatic nitrogens is 1. The van der Waals surface area contributed by atoms with Gasteiger partial charge in [-0.05, 0) is 12.0 Å². The molecular weight excluding hydrogens is 226 g/mol. The topological polar surface area (TPSA) is 71.1 Å². The van der Waals surface area contributed by atoms with Crippen molar-refractivity contribution in [3.8, 4) is 0 Å². The molecule has 0 saturated carbocycles. The second-order valence-electron chi connectivity index (χ2n) is 3.87. The van der Waals surface area contributed by atoms with E-state index >= 15 is 0 Å². The number of hydrogen-bond donors (Lipinski definition) is 2. The van der Waals surface area contributed by atoms with Gasteiger partial charge >= 0.3 is 0 Å². The third-order valence-electron chi connectivity index (χ3n) is 1.98. The van der Waals surface area contributed by atoms with Crippen LogP contribution in [0.1, 0.15) is 13.8 Å². The van der Waals surface area contributed by atoms with Gasteiger partial charge < -0.3 is 5.32 Å². The minimum atomic E-state index is -3.42. The van der Waals surface area contributed by atoms with E-state index in [2.05, 4.69) is 15.0 Å². The fraction of sp³-hybridized carbons (Fsp3) is 0.500. The zero-order valence-electron chi connectivity index (χ0n) is 9.69. The average molecular weight is 243 g/mol.